The molecule has 3 aromatic carbocycles. The molecule has 0 aliphatic heterocycles. The Bertz CT molecular complexity index is 1290. The van der Waals surface area contributed by atoms with Gasteiger partial charge in [-0.3, -0.25) is 4.79 Å². The highest BCUT2D eigenvalue weighted by Gasteiger charge is 2.15. The monoisotopic (exact) mass is 410 g/mol. The molecular weight excluding hydrogens is 392 g/mol. The molecule has 1 N–H and O–H groups in total. The van der Waals surface area contributed by atoms with Crippen molar-refractivity contribution in [2.75, 3.05) is 5.32 Å². The number of anilines is 1. The third-order valence-corrected chi connectivity index (χ3v) is 5.53. The Labute approximate surface area is 177 Å². The predicted octanol–water partition coefficient (Wildman–Crippen LogP) is 5.46. The lowest BCUT2D eigenvalue weighted by Gasteiger charge is -2.05. The average Bonchev–Trinajstić information content (AvgIpc) is 3.44. The van der Waals surface area contributed by atoms with Crippen LogP contribution in [0.25, 0.3) is 22.2 Å². The molecule has 0 spiro atoms. The number of carbonyl (C=O) groups is 1. The topological polar surface area (TPSA) is 59.8 Å². The number of aromatic nitrogens is 3. The van der Waals surface area contributed by atoms with Crippen LogP contribution in [0.15, 0.2) is 90.4 Å². The van der Waals surface area contributed by atoms with Crippen molar-refractivity contribution in [3.8, 4) is 11.3 Å². The molecule has 5 rings (SSSR count). The fraction of sp³-hybridized carbons (Fsp3) is 0.0417. The van der Waals surface area contributed by atoms with Crippen molar-refractivity contribution in [3.63, 3.8) is 0 Å². The van der Waals surface area contributed by atoms with Crippen LogP contribution in [-0.2, 0) is 6.54 Å². The first-order valence-corrected chi connectivity index (χ1v) is 10.4. The Hall–Kier alpha value is -3.77. The van der Waals surface area contributed by atoms with E-state index in [1.807, 2.05) is 78.3 Å². The molecule has 5 aromatic rings. The Morgan fingerprint density at radius 2 is 1.70 bits per heavy atom. The summed E-state index contributed by atoms with van der Waals surface area (Å²) in [6.45, 7) is 0.713. The number of hydrogen-bond donors (Lipinski definition) is 1. The van der Waals surface area contributed by atoms with Crippen molar-refractivity contribution in [1.82, 2.24) is 14.2 Å². The van der Waals surface area contributed by atoms with Crippen LogP contribution in [0.2, 0.25) is 0 Å². The fourth-order valence-electron chi connectivity index (χ4n) is 3.55. The Morgan fingerprint density at radius 3 is 2.47 bits per heavy atom. The zero-order valence-corrected chi connectivity index (χ0v) is 16.8. The first-order valence-electron chi connectivity index (χ1n) is 9.58. The lowest BCUT2D eigenvalue weighted by atomic mass is 10.1. The Kier molecular flexibility index (Phi) is 4.83. The van der Waals surface area contributed by atoms with Crippen molar-refractivity contribution < 1.29 is 4.79 Å². The van der Waals surface area contributed by atoms with Gasteiger partial charge in [-0.15, -0.1) is 5.10 Å². The number of fused-ring (bicyclic) bond motifs is 1. The lowest BCUT2D eigenvalue weighted by Crippen LogP contribution is -2.11. The van der Waals surface area contributed by atoms with Gasteiger partial charge in [-0.25, -0.2) is 0 Å². The molecule has 2 heterocycles. The van der Waals surface area contributed by atoms with Crippen molar-refractivity contribution in [2.45, 2.75) is 6.54 Å². The van der Waals surface area contributed by atoms with Crippen molar-refractivity contribution in [1.29, 1.82) is 0 Å². The number of nitrogens with zero attached hydrogens (tertiary/aromatic N) is 3. The molecule has 5 nitrogen and oxygen atoms in total. The van der Waals surface area contributed by atoms with Crippen LogP contribution in [-0.4, -0.2) is 20.1 Å². The second-order valence-electron chi connectivity index (χ2n) is 7.00. The molecule has 0 unspecified atom stereocenters. The summed E-state index contributed by atoms with van der Waals surface area (Å²) in [6, 6.07) is 25.9. The van der Waals surface area contributed by atoms with Gasteiger partial charge in [-0.05, 0) is 35.3 Å². The summed E-state index contributed by atoms with van der Waals surface area (Å²) in [5.74, 6) is -0.124. The van der Waals surface area contributed by atoms with E-state index in [-0.39, 0.29) is 5.91 Å². The van der Waals surface area contributed by atoms with Gasteiger partial charge in [-0.1, -0.05) is 65.2 Å². The molecule has 0 fully saturated rings. The van der Waals surface area contributed by atoms with E-state index < -0.39 is 0 Å². The normalized spacial score (nSPS) is 10.9. The lowest BCUT2D eigenvalue weighted by molar-refractivity contribution is 0.102. The minimum absolute atomic E-state index is 0.124. The minimum atomic E-state index is -0.124. The molecule has 0 saturated carbocycles. The molecule has 0 atom stereocenters. The standard InChI is InChI=1S/C24H18N4OS/c29-24(25-19-12-10-18(11-13-19)22-16-30-27-26-22)21-15-28(14-17-6-2-1-3-7-17)23-9-5-4-8-20(21)23/h1-13,15-16H,14H2,(H,25,29). The second kappa shape index (κ2) is 7.93. The highest BCUT2D eigenvalue weighted by Crippen LogP contribution is 2.25. The first kappa shape index (κ1) is 18.3. The van der Waals surface area contributed by atoms with Gasteiger partial charge in [0.25, 0.3) is 5.91 Å². The number of carbonyl (C=O) groups excluding carboxylic acids is 1. The molecule has 0 saturated heterocycles. The van der Waals surface area contributed by atoms with E-state index in [1.165, 1.54) is 17.1 Å². The van der Waals surface area contributed by atoms with Crippen molar-refractivity contribution in [2.24, 2.45) is 0 Å². The van der Waals surface area contributed by atoms with Gasteiger partial charge in [0.2, 0.25) is 0 Å². The average molecular weight is 411 g/mol. The molecule has 0 aliphatic rings. The first-order chi connectivity index (χ1) is 14.8. The van der Waals surface area contributed by atoms with Crippen LogP contribution in [0.3, 0.4) is 0 Å². The van der Waals surface area contributed by atoms with Gasteiger partial charge in [0, 0.05) is 40.3 Å². The van der Waals surface area contributed by atoms with Crippen LogP contribution >= 0.6 is 11.5 Å². The number of hydrogen-bond acceptors (Lipinski definition) is 4. The van der Waals surface area contributed by atoms with Crippen LogP contribution in [0.1, 0.15) is 15.9 Å². The quantitative estimate of drug-likeness (QED) is 0.418. The number of para-hydroxylation sites is 1. The summed E-state index contributed by atoms with van der Waals surface area (Å²) in [6.07, 6.45) is 1.93. The summed E-state index contributed by atoms with van der Waals surface area (Å²) >= 11 is 1.32. The zero-order chi connectivity index (χ0) is 20.3. The Morgan fingerprint density at radius 1 is 0.933 bits per heavy atom. The third-order valence-electron chi connectivity index (χ3n) is 5.03. The van der Waals surface area contributed by atoms with Crippen LogP contribution < -0.4 is 5.32 Å². The predicted molar refractivity (Wildman–Crippen MR) is 121 cm³/mol. The van der Waals surface area contributed by atoms with Gasteiger partial charge in [0.1, 0.15) is 5.69 Å². The SMILES string of the molecule is O=C(Nc1ccc(-c2csnn2)cc1)c1cn(Cc2ccccc2)c2ccccc12. The summed E-state index contributed by atoms with van der Waals surface area (Å²) in [5, 5.41) is 9.93. The summed E-state index contributed by atoms with van der Waals surface area (Å²) < 4.78 is 6.01. The molecule has 1 amide bonds. The van der Waals surface area contributed by atoms with E-state index >= 15 is 0 Å². The van der Waals surface area contributed by atoms with E-state index in [1.54, 1.807) is 0 Å². The van der Waals surface area contributed by atoms with Gasteiger partial charge in [-0.2, -0.15) is 0 Å². The highest BCUT2D eigenvalue weighted by molar-refractivity contribution is 7.03. The molecule has 30 heavy (non-hydrogen) atoms. The molecule has 2 aromatic heterocycles. The van der Waals surface area contributed by atoms with Crippen LogP contribution in [0, 0.1) is 0 Å². The maximum Gasteiger partial charge on any atom is 0.257 e. The molecule has 146 valence electrons. The Balaban J connectivity index is 1.42. The van der Waals surface area contributed by atoms with E-state index in [4.69, 9.17) is 0 Å². The summed E-state index contributed by atoms with van der Waals surface area (Å²) in [7, 11) is 0. The van der Waals surface area contributed by atoms with Gasteiger partial charge < -0.3 is 9.88 Å². The smallest absolute Gasteiger partial charge is 0.257 e. The second-order valence-corrected chi connectivity index (χ2v) is 7.60. The van der Waals surface area contributed by atoms with E-state index in [0.717, 1.165) is 27.8 Å². The van der Waals surface area contributed by atoms with E-state index in [2.05, 4.69) is 31.6 Å². The maximum atomic E-state index is 13.1. The van der Waals surface area contributed by atoms with Gasteiger partial charge in [0.15, 0.2) is 0 Å². The van der Waals surface area contributed by atoms with Crippen LogP contribution in [0.4, 0.5) is 5.69 Å². The summed E-state index contributed by atoms with van der Waals surface area (Å²) in [5.41, 5.74) is 5.44. The molecule has 6 heteroatoms. The molecule has 0 radical (unpaired) electrons. The maximum absolute atomic E-state index is 13.1. The van der Waals surface area contributed by atoms with Crippen molar-refractivity contribution in [3.05, 3.63) is 102 Å². The number of benzene rings is 3. The molecule has 0 aliphatic carbocycles. The fourth-order valence-corrected chi connectivity index (χ4v) is 4.02. The number of rotatable bonds is 5. The van der Waals surface area contributed by atoms with Crippen molar-refractivity contribution >= 4 is 34.0 Å². The molecular formula is C24H18N4OS. The van der Waals surface area contributed by atoms with E-state index in [9.17, 15) is 4.79 Å². The summed E-state index contributed by atoms with van der Waals surface area (Å²) in [4.78, 5) is 13.1. The number of amides is 1. The highest BCUT2D eigenvalue weighted by atomic mass is 32.1. The molecule has 0 bridgehead atoms. The third kappa shape index (κ3) is 3.60. The minimum Gasteiger partial charge on any atom is -0.342 e. The van der Waals surface area contributed by atoms with Gasteiger partial charge >= 0.3 is 0 Å². The van der Waals surface area contributed by atoms with E-state index in [0.29, 0.717) is 12.1 Å². The largest absolute Gasteiger partial charge is 0.342 e. The zero-order valence-electron chi connectivity index (χ0n) is 16.0. The number of nitrogens with one attached hydrogen (secondary N) is 1. The van der Waals surface area contributed by atoms with Crippen LogP contribution in [0.5, 0.6) is 0 Å². The van der Waals surface area contributed by atoms with Gasteiger partial charge in [0.05, 0.1) is 5.56 Å².